The number of imidazole rings is 1. The number of nitrogens with zero attached hydrogens (tertiary/aromatic N) is 6. The van der Waals surface area contributed by atoms with Crippen LogP contribution in [0.2, 0.25) is 0 Å². The van der Waals surface area contributed by atoms with Crippen molar-refractivity contribution < 1.29 is 12.8 Å². The summed E-state index contributed by atoms with van der Waals surface area (Å²) in [5, 5.41) is 3.92. The number of hydrogen-bond acceptors (Lipinski definition) is 8. The van der Waals surface area contributed by atoms with Gasteiger partial charge in [0.15, 0.2) is 0 Å². The van der Waals surface area contributed by atoms with E-state index in [0.717, 1.165) is 29.3 Å². The van der Waals surface area contributed by atoms with Gasteiger partial charge in [-0.25, -0.2) is 22.8 Å². The first-order valence-electron chi connectivity index (χ1n) is 13.3. The SMILES string of the molecule is C[C@H](c1ccc(F)cc1)n1cncc1C1CN(C)CC2CN(S(=O)(=O)c3ccc(Nc4ccccn4)s3)CCN21. The number of halogens is 1. The minimum atomic E-state index is -3.64. The lowest BCUT2D eigenvalue weighted by atomic mass is 10.0. The third kappa shape index (κ3) is 5.29. The zero-order valence-electron chi connectivity index (χ0n) is 22.4. The maximum Gasteiger partial charge on any atom is 0.252 e. The van der Waals surface area contributed by atoms with E-state index in [1.807, 2.05) is 42.9 Å². The number of sulfonamides is 1. The van der Waals surface area contributed by atoms with Crippen molar-refractivity contribution in [3.05, 3.63) is 90.4 Å². The highest BCUT2D eigenvalue weighted by Crippen LogP contribution is 2.36. The predicted octanol–water partition coefficient (Wildman–Crippen LogP) is 4.19. The Labute approximate surface area is 237 Å². The predicted molar refractivity (Wildman–Crippen MR) is 154 cm³/mol. The molecule has 210 valence electrons. The Hall–Kier alpha value is -3.16. The van der Waals surface area contributed by atoms with E-state index in [-0.39, 0.29) is 23.9 Å². The first-order chi connectivity index (χ1) is 19.3. The van der Waals surface area contributed by atoms with E-state index >= 15 is 0 Å². The van der Waals surface area contributed by atoms with Gasteiger partial charge in [-0.15, -0.1) is 11.3 Å². The highest BCUT2D eigenvalue weighted by Gasteiger charge is 2.42. The lowest BCUT2D eigenvalue weighted by Gasteiger charge is -2.50. The number of benzene rings is 1. The molecule has 3 aromatic heterocycles. The van der Waals surface area contributed by atoms with Crippen LogP contribution < -0.4 is 5.32 Å². The molecule has 1 aromatic carbocycles. The van der Waals surface area contributed by atoms with Crippen molar-refractivity contribution in [3.8, 4) is 0 Å². The number of hydrogen-bond donors (Lipinski definition) is 1. The molecule has 2 unspecified atom stereocenters. The number of anilines is 2. The second-order valence-corrected chi connectivity index (χ2v) is 13.7. The average Bonchev–Trinajstić information content (AvgIpc) is 3.63. The quantitative estimate of drug-likeness (QED) is 0.350. The maximum atomic E-state index is 13.7. The molecule has 4 aromatic rings. The second kappa shape index (κ2) is 11.0. The molecule has 1 N–H and O–H groups in total. The summed E-state index contributed by atoms with van der Waals surface area (Å²) >= 11 is 1.22. The first-order valence-corrected chi connectivity index (χ1v) is 15.5. The molecule has 12 heteroatoms. The fourth-order valence-corrected chi connectivity index (χ4v) is 8.58. The smallest absolute Gasteiger partial charge is 0.252 e. The van der Waals surface area contributed by atoms with Gasteiger partial charge in [0.1, 0.15) is 15.8 Å². The van der Waals surface area contributed by atoms with Gasteiger partial charge in [-0.2, -0.15) is 4.31 Å². The summed E-state index contributed by atoms with van der Waals surface area (Å²) in [4.78, 5) is 13.4. The standard InChI is InChI=1S/C28H32FN7O2S2/c1-20(21-6-8-22(29)9-7-21)36-19-30-15-24(36)25-18-33(2)16-23-17-34(13-14-35(23)25)40(37,38)28-11-10-27(39-28)32-26-5-3-4-12-31-26/h3-12,15,19-20,23,25H,13-14,16-18H2,1-2H3,(H,31,32)/t20-,23?,25?/m1/s1. The monoisotopic (exact) mass is 581 g/mol. The molecule has 0 aliphatic carbocycles. The highest BCUT2D eigenvalue weighted by molar-refractivity contribution is 7.91. The molecular formula is C28H32FN7O2S2. The van der Waals surface area contributed by atoms with E-state index in [1.54, 1.807) is 22.6 Å². The average molecular weight is 582 g/mol. The highest BCUT2D eigenvalue weighted by atomic mass is 32.2. The van der Waals surface area contributed by atoms with Crippen molar-refractivity contribution in [1.29, 1.82) is 0 Å². The van der Waals surface area contributed by atoms with Gasteiger partial charge in [0.2, 0.25) is 0 Å². The Balaban J connectivity index is 1.20. The minimum Gasteiger partial charge on any atom is -0.332 e. The third-order valence-corrected chi connectivity index (χ3v) is 11.1. The molecule has 2 aliphatic rings. The Morgan fingerprint density at radius 3 is 2.65 bits per heavy atom. The molecule has 0 saturated carbocycles. The van der Waals surface area contributed by atoms with Crippen molar-refractivity contribution in [1.82, 2.24) is 28.6 Å². The van der Waals surface area contributed by atoms with Crippen LogP contribution in [-0.2, 0) is 10.0 Å². The van der Waals surface area contributed by atoms with Crippen LogP contribution >= 0.6 is 11.3 Å². The number of aromatic nitrogens is 3. The first kappa shape index (κ1) is 27.0. The molecule has 0 amide bonds. The number of piperazine rings is 2. The summed E-state index contributed by atoms with van der Waals surface area (Å²) in [5.74, 6) is 0.417. The molecular weight excluding hydrogens is 549 g/mol. The van der Waals surface area contributed by atoms with Crippen molar-refractivity contribution in [2.75, 3.05) is 45.1 Å². The molecule has 40 heavy (non-hydrogen) atoms. The van der Waals surface area contributed by atoms with Gasteiger partial charge in [-0.3, -0.25) is 4.90 Å². The van der Waals surface area contributed by atoms with Crippen LogP contribution in [0.25, 0.3) is 0 Å². The van der Waals surface area contributed by atoms with Crippen molar-refractivity contribution in [2.45, 2.75) is 29.3 Å². The van der Waals surface area contributed by atoms with Gasteiger partial charge in [-0.05, 0) is 55.9 Å². The zero-order chi connectivity index (χ0) is 27.9. The van der Waals surface area contributed by atoms with Crippen molar-refractivity contribution >= 4 is 32.2 Å². The van der Waals surface area contributed by atoms with E-state index in [1.165, 1.54) is 23.5 Å². The minimum absolute atomic E-state index is 0.0156. The summed E-state index contributed by atoms with van der Waals surface area (Å²) in [6.07, 6.45) is 5.44. The molecule has 5 heterocycles. The van der Waals surface area contributed by atoms with Crippen LogP contribution in [0, 0.1) is 5.82 Å². The molecule has 3 atom stereocenters. The largest absolute Gasteiger partial charge is 0.332 e. The lowest BCUT2D eigenvalue weighted by Crippen LogP contribution is -2.63. The van der Waals surface area contributed by atoms with Crippen molar-refractivity contribution in [3.63, 3.8) is 0 Å². The van der Waals surface area contributed by atoms with E-state index in [0.29, 0.717) is 29.7 Å². The number of fused-ring (bicyclic) bond motifs is 1. The van der Waals surface area contributed by atoms with E-state index in [2.05, 4.69) is 43.6 Å². The Morgan fingerprint density at radius 1 is 1.05 bits per heavy atom. The van der Waals surface area contributed by atoms with Gasteiger partial charge in [0, 0.05) is 51.2 Å². The van der Waals surface area contributed by atoms with Gasteiger partial charge < -0.3 is 14.8 Å². The molecule has 2 aliphatic heterocycles. The molecule has 0 bridgehead atoms. The van der Waals surface area contributed by atoms with E-state index in [9.17, 15) is 12.8 Å². The van der Waals surface area contributed by atoms with Gasteiger partial charge in [0.05, 0.1) is 29.1 Å². The molecule has 6 rings (SSSR count). The van der Waals surface area contributed by atoms with Crippen LogP contribution in [-0.4, -0.2) is 82.9 Å². The van der Waals surface area contributed by atoms with Crippen LogP contribution in [0.4, 0.5) is 15.2 Å². The third-order valence-electron chi connectivity index (χ3n) is 7.80. The second-order valence-electron chi connectivity index (χ2n) is 10.4. The summed E-state index contributed by atoms with van der Waals surface area (Å²) in [6, 6.07) is 15.7. The van der Waals surface area contributed by atoms with E-state index in [4.69, 9.17) is 0 Å². The number of likely N-dealkylation sites (N-methyl/N-ethyl adjacent to an activating group) is 1. The maximum absolute atomic E-state index is 13.7. The number of nitrogens with one attached hydrogen (secondary N) is 1. The number of thiophene rings is 1. The van der Waals surface area contributed by atoms with Crippen LogP contribution in [0.3, 0.4) is 0 Å². The Morgan fingerprint density at radius 2 is 1.88 bits per heavy atom. The Kier molecular flexibility index (Phi) is 7.44. The van der Waals surface area contributed by atoms with Gasteiger partial charge in [0.25, 0.3) is 10.0 Å². The summed E-state index contributed by atoms with van der Waals surface area (Å²) in [6.45, 7) is 5.15. The molecule has 2 saturated heterocycles. The number of rotatable bonds is 7. The van der Waals surface area contributed by atoms with Gasteiger partial charge in [-0.1, -0.05) is 18.2 Å². The zero-order valence-corrected chi connectivity index (χ0v) is 24.0. The van der Waals surface area contributed by atoms with Crippen molar-refractivity contribution in [2.24, 2.45) is 0 Å². The van der Waals surface area contributed by atoms with Crippen LogP contribution in [0.15, 0.2) is 77.5 Å². The fraction of sp³-hybridized carbons (Fsp3) is 0.357. The topological polar surface area (TPSA) is 86.6 Å². The molecule has 2 fully saturated rings. The normalized spacial score (nSPS) is 21.7. The van der Waals surface area contributed by atoms with E-state index < -0.39 is 10.0 Å². The lowest BCUT2D eigenvalue weighted by molar-refractivity contribution is -0.00314. The summed E-state index contributed by atoms with van der Waals surface area (Å²) < 4.78 is 45.0. The van der Waals surface area contributed by atoms with Crippen LogP contribution in [0.1, 0.15) is 30.3 Å². The molecule has 9 nitrogen and oxygen atoms in total. The molecule has 0 radical (unpaired) electrons. The van der Waals surface area contributed by atoms with Crippen LogP contribution in [0.5, 0.6) is 0 Å². The Bertz CT molecular complexity index is 1560. The van der Waals surface area contributed by atoms with Gasteiger partial charge >= 0.3 is 0 Å². The molecule has 0 spiro atoms. The summed E-state index contributed by atoms with van der Waals surface area (Å²) in [7, 11) is -1.56. The summed E-state index contributed by atoms with van der Waals surface area (Å²) in [5.41, 5.74) is 2.08. The fourth-order valence-electron chi connectivity index (χ4n) is 5.74. The number of pyridine rings is 1.